The van der Waals surface area contributed by atoms with E-state index in [1.165, 1.54) is 11.3 Å². The topological polar surface area (TPSA) is 79.3 Å². The van der Waals surface area contributed by atoms with Crippen LogP contribution in [0.3, 0.4) is 0 Å². The minimum absolute atomic E-state index is 0.282. The van der Waals surface area contributed by atoms with E-state index in [1.54, 1.807) is 32.0 Å². The van der Waals surface area contributed by atoms with Gasteiger partial charge in [-0.25, -0.2) is 4.98 Å². The van der Waals surface area contributed by atoms with Crippen LogP contribution in [0.5, 0.6) is 0 Å². The van der Waals surface area contributed by atoms with Gasteiger partial charge in [0.2, 0.25) is 0 Å². The Hall–Kier alpha value is -2.21. The van der Waals surface area contributed by atoms with Crippen molar-refractivity contribution in [2.75, 3.05) is 0 Å². The Morgan fingerprint density at radius 2 is 2.05 bits per heavy atom. The third-order valence-electron chi connectivity index (χ3n) is 3.49. The maximum atomic E-state index is 12.2. The molecule has 2 aromatic rings. The maximum Gasteiger partial charge on any atom is 0.308 e. The lowest BCUT2D eigenvalue weighted by molar-refractivity contribution is -0.141. The molecule has 2 unspecified atom stereocenters. The first-order valence-corrected chi connectivity index (χ1v) is 7.82. The fourth-order valence-corrected chi connectivity index (χ4v) is 2.70. The Balaban J connectivity index is 2.15. The van der Waals surface area contributed by atoms with E-state index in [9.17, 15) is 9.59 Å². The van der Waals surface area contributed by atoms with E-state index in [0.717, 1.165) is 16.3 Å². The van der Waals surface area contributed by atoms with Crippen LogP contribution in [-0.4, -0.2) is 28.0 Å². The summed E-state index contributed by atoms with van der Waals surface area (Å²) in [5.41, 5.74) is 2.32. The molecule has 22 heavy (non-hydrogen) atoms. The smallest absolute Gasteiger partial charge is 0.308 e. The van der Waals surface area contributed by atoms with E-state index in [0.29, 0.717) is 5.56 Å². The van der Waals surface area contributed by atoms with Gasteiger partial charge in [-0.05, 0) is 32.9 Å². The summed E-state index contributed by atoms with van der Waals surface area (Å²) < 4.78 is 0. The molecule has 5 nitrogen and oxygen atoms in total. The van der Waals surface area contributed by atoms with Crippen molar-refractivity contribution in [3.05, 3.63) is 40.9 Å². The lowest BCUT2D eigenvalue weighted by atomic mass is 10.0. The van der Waals surface area contributed by atoms with Crippen molar-refractivity contribution in [2.45, 2.75) is 26.8 Å². The van der Waals surface area contributed by atoms with Gasteiger partial charge in [0.25, 0.3) is 5.91 Å². The van der Waals surface area contributed by atoms with Gasteiger partial charge in [-0.2, -0.15) is 0 Å². The monoisotopic (exact) mass is 318 g/mol. The van der Waals surface area contributed by atoms with Crippen LogP contribution in [0.15, 0.2) is 29.6 Å². The molecule has 1 amide bonds. The Morgan fingerprint density at radius 3 is 2.64 bits per heavy atom. The number of nitrogens with zero attached hydrogens (tertiary/aromatic N) is 1. The molecule has 0 saturated carbocycles. The number of aliphatic carboxylic acids is 1. The Kier molecular flexibility index (Phi) is 4.92. The molecule has 2 atom stereocenters. The van der Waals surface area contributed by atoms with Crippen LogP contribution >= 0.6 is 11.3 Å². The normalized spacial score (nSPS) is 13.4. The van der Waals surface area contributed by atoms with Crippen LogP contribution < -0.4 is 5.32 Å². The van der Waals surface area contributed by atoms with Gasteiger partial charge in [-0.1, -0.05) is 12.1 Å². The first-order chi connectivity index (χ1) is 10.4. The van der Waals surface area contributed by atoms with Crippen LogP contribution in [0.4, 0.5) is 0 Å². The molecule has 0 aliphatic carbocycles. The molecule has 6 heteroatoms. The zero-order chi connectivity index (χ0) is 16.3. The largest absolute Gasteiger partial charge is 0.481 e. The summed E-state index contributed by atoms with van der Waals surface area (Å²) in [7, 11) is 0. The van der Waals surface area contributed by atoms with E-state index in [-0.39, 0.29) is 5.91 Å². The van der Waals surface area contributed by atoms with Crippen molar-refractivity contribution < 1.29 is 14.7 Å². The summed E-state index contributed by atoms with van der Waals surface area (Å²) in [6, 6.07) is 6.73. The molecule has 0 saturated heterocycles. The highest BCUT2D eigenvalue weighted by molar-refractivity contribution is 7.13. The quantitative estimate of drug-likeness (QED) is 0.888. The molecule has 0 bridgehead atoms. The molecular formula is C16H18N2O3S. The number of carbonyl (C=O) groups excluding carboxylic acids is 1. The molecule has 0 aliphatic heterocycles. The number of nitrogens with one attached hydrogen (secondary N) is 1. The Bertz CT molecular complexity index is 696. The highest BCUT2D eigenvalue weighted by Crippen LogP contribution is 2.24. The fourth-order valence-electron chi connectivity index (χ4n) is 1.91. The highest BCUT2D eigenvalue weighted by Gasteiger charge is 2.21. The number of rotatable bonds is 5. The molecule has 116 valence electrons. The number of thiazole rings is 1. The summed E-state index contributed by atoms with van der Waals surface area (Å²) in [5.74, 6) is -1.86. The van der Waals surface area contributed by atoms with Crippen LogP contribution in [0.25, 0.3) is 10.6 Å². The van der Waals surface area contributed by atoms with Gasteiger partial charge in [0.05, 0.1) is 5.92 Å². The van der Waals surface area contributed by atoms with Crippen LogP contribution in [0, 0.1) is 12.8 Å². The van der Waals surface area contributed by atoms with Gasteiger partial charge in [0.1, 0.15) is 5.01 Å². The minimum atomic E-state index is -0.931. The van der Waals surface area contributed by atoms with Crippen molar-refractivity contribution in [3.8, 4) is 10.6 Å². The molecule has 0 radical (unpaired) electrons. The molecule has 0 spiro atoms. The van der Waals surface area contributed by atoms with E-state index in [1.807, 2.05) is 18.4 Å². The minimum Gasteiger partial charge on any atom is -0.481 e. The number of hydrogen-bond donors (Lipinski definition) is 2. The summed E-state index contributed by atoms with van der Waals surface area (Å²) in [5, 5.41) is 14.5. The second-order valence-corrected chi connectivity index (χ2v) is 6.12. The molecular weight excluding hydrogens is 300 g/mol. The van der Waals surface area contributed by atoms with E-state index >= 15 is 0 Å². The first-order valence-electron chi connectivity index (χ1n) is 6.94. The van der Waals surface area contributed by atoms with Crippen LogP contribution in [-0.2, 0) is 4.79 Å². The SMILES string of the molecule is Cc1csc(-c2cccc(C(=O)NC(C)C(C)C(=O)O)c2)n1. The average Bonchev–Trinajstić information content (AvgIpc) is 2.93. The van der Waals surface area contributed by atoms with E-state index in [2.05, 4.69) is 10.3 Å². The van der Waals surface area contributed by atoms with Crippen molar-refractivity contribution >= 4 is 23.2 Å². The Labute approximate surface area is 133 Å². The van der Waals surface area contributed by atoms with Crippen molar-refractivity contribution in [3.63, 3.8) is 0 Å². The van der Waals surface area contributed by atoms with Crippen LogP contribution in [0.2, 0.25) is 0 Å². The third kappa shape index (κ3) is 3.71. The lowest BCUT2D eigenvalue weighted by Crippen LogP contribution is -2.40. The predicted molar refractivity (Wildman–Crippen MR) is 86.0 cm³/mol. The maximum absolute atomic E-state index is 12.2. The average molecular weight is 318 g/mol. The summed E-state index contributed by atoms with van der Waals surface area (Å²) >= 11 is 1.53. The number of carboxylic acid groups (broad SMARTS) is 1. The summed E-state index contributed by atoms with van der Waals surface area (Å²) in [6.45, 7) is 5.18. The summed E-state index contributed by atoms with van der Waals surface area (Å²) in [4.78, 5) is 27.6. The van der Waals surface area contributed by atoms with Gasteiger partial charge < -0.3 is 10.4 Å². The van der Waals surface area contributed by atoms with Gasteiger partial charge >= 0.3 is 5.97 Å². The van der Waals surface area contributed by atoms with Gasteiger partial charge in [-0.15, -0.1) is 11.3 Å². The van der Waals surface area contributed by atoms with Crippen molar-refractivity contribution in [1.82, 2.24) is 10.3 Å². The first kappa shape index (κ1) is 16.2. The number of carboxylic acids is 1. The van der Waals surface area contributed by atoms with Crippen molar-refractivity contribution in [1.29, 1.82) is 0 Å². The van der Waals surface area contributed by atoms with Gasteiger partial charge in [0, 0.05) is 28.2 Å². The molecule has 2 N–H and O–H groups in total. The second-order valence-electron chi connectivity index (χ2n) is 5.26. The standard InChI is InChI=1S/C16H18N2O3S/c1-9-8-22-15(17-9)13-6-4-5-12(7-13)14(19)18-11(3)10(2)16(20)21/h4-8,10-11H,1-3H3,(H,18,19)(H,20,21). The molecule has 0 fully saturated rings. The van der Waals surface area contributed by atoms with Crippen molar-refractivity contribution in [2.24, 2.45) is 5.92 Å². The van der Waals surface area contributed by atoms with E-state index in [4.69, 9.17) is 5.11 Å². The predicted octanol–water partition coefficient (Wildman–Crippen LogP) is 2.96. The Morgan fingerprint density at radius 1 is 1.32 bits per heavy atom. The number of carbonyl (C=O) groups is 2. The summed E-state index contributed by atoms with van der Waals surface area (Å²) in [6.07, 6.45) is 0. The van der Waals surface area contributed by atoms with Gasteiger partial charge in [0.15, 0.2) is 0 Å². The molecule has 1 heterocycles. The molecule has 0 aliphatic rings. The molecule has 1 aromatic carbocycles. The third-order valence-corrected chi connectivity index (χ3v) is 4.50. The van der Waals surface area contributed by atoms with Crippen LogP contribution in [0.1, 0.15) is 29.9 Å². The van der Waals surface area contributed by atoms with Gasteiger partial charge in [-0.3, -0.25) is 9.59 Å². The number of amides is 1. The fraction of sp³-hybridized carbons (Fsp3) is 0.312. The molecule has 2 rings (SSSR count). The molecule has 1 aromatic heterocycles. The zero-order valence-electron chi connectivity index (χ0n) is 12.7. The number of hydrogen-bond acceptors (Lipinski definition) is 4. The number of benzene rings is 1. The highest BCUT2D eigenvalue weighted by atomic mass is 32.1. The zero-order valence-corrected chi connectivity index (χ0v) is 13.5. The number of aromatic nitrogens is 1. The lowest BCUT2D eigenvalue weighted by Gasteiger charge is -2.17. The second kappa shape index (κ2) is 6.70. The van der Waals surface area contributed by atoms with E-state index < -0.39 is 17.9 Å². The number of aryl methyl sites for hydroxylation is 1.